The number of rotatable bonds is 0. The average molecular weight is 503 g/mol. The third-order valence-electron chi connectivity index (χ3n) is 9.12. The van der Waals surface area contributed by atoms with E-state index in [1.807, 2.05) is 0 Å². The third-order valence-corrected chi connectivity index (χ3v) is 9.12. The van der Waals surface area contributed by atoms with Crippen LogP contribution in [0.4, 0.5) is 0 Å². The highest BCUT2D eigenvalue weighted by atomic mass is 16.6. The van der Waals surface area contributed by atoms with E-state index in [0.717, 1.165) is 6.42 Å². The highest BCUT2D eigenvalue weighted by Crippen LogP contribution is 2.72. The van der Waals surface area contributed by atoms with E-state index in [4.69, 9.17) is 23.7 Å². The zero-order valence-electron chi connectivity index (χ0n) is 20.9. The van der Waals surface area contributed by atoms with E-state index in [9.17, 15) is 19.5 Å². The van der Waals surface area contributed by atoms with Gasteiger partial charge in [0, 0.05) is 24.0 Å². The van der Waals surface area contributed by atoms with Crippen LogP contribution in [0.25, 0.3) is 0 Å². The standard InChI is InChI=1S/C27H34O9/c1-16-8-10-26-14-33-24(31)23(30)17(2)9-11-32-21(28)6-4-5-7-22(29)36-18-13-20(35-19(26)12-16)27(15-34-27)25(18,26)3/h4-7,12,17-20,23,30H,8-11,13-15H2,1-3H3/b6-4+,7-5+/t17-,18-,19-,20-,23-,25-,26+,27+/m0/s1. The zero-order chi connectivity index (χ0) is 25.7. The predicted octanol–water partition coefficient (Wildman–Crippen LogP) is 2.17. The van der Waals surface area contributed by atoms with Gasteiger partial charge < -0.3 is 28.8 Å². The predicted molar refractivity (Wildman–Crippen MR) is 125 cm³/mol. The number of carbonyl (C=O) groups excluding carboxylic acids is 3. The number of epoxide rings is 1. The van der Waals surface area contributed by atoms with Crippen molar-refractivity contribution in [1.29, 1.82) is 0 Å². The second-order valence-corrected chi connectivity index (χ2v) is 11.0. The molecule has 2 aliphatic carbocycles. The minimum atomic E-state index is -1.37. The van der Waals surface area contributed by atoms with E-state index in [0.29, 0.717) is 19.4 Å². The van der Waals surface area contributed by atoms with E-state index in [2.05, 4.69) is 19.9 Å². The molecule has 2 saturated heterocycles. The molecule has 2 bridgehead atoms. The number of esters is 3. The molecular weight excluding hydrogens is 468 g/mol. The molecule has 8 atom stereocenters. The van der Waals surface area contributed by atoms with E-state index >= 15 is 0 Å². The summed E-state index contributed by atoms with van der Waals surface area (Å²) in [4.78, 5) is 37.6. The van der Waals surface area contributed by atoms with Gasteiger partial charge in [0.15, 0.2) is 6.10 Å². The van der Waals surface area contributed by atoms with E-state index < -0.39 is 52.5 Å². The Morgan fingerprint density at radius 3 is 2.47 bits per heavy atom. The van der Waals surface area contributed by atoms with Crippen LogP contribution in [-0.2, 0) is 38.1 Å². The van der Waals surface area contributed by atoms with Gasteiger partial charge in [-0.05, 0) is 32.1 Å². The average Bonchev–Trinajstić information content (AvgIpc) is 3.62. The maximum atomic E-state index is 12.9. The van der Waals surface area contributed by atoms with Crippen molar-refractivity contribution in [2.45, 2.75) is 76.5 Å². The van der Waals surface area contributed by atoms with E-state index in [1.165, 1.54) is 29.9 Å². The fourth-order valence-corrected chi connectivity index (χ4v) is 6.65. The van der Waals surface area contributed by atoms with Crippen molar-refractivity contribution in [3.63, 3.8) is 0 Å². The van der Waals surface area contributed by atoms with Gasteiger partial charge in [0.05, 0.1) is 30.8 Å². The molecule has 5 aliphatic rings. The summed E-state index contributed by atoms with van der Waals surface area (Å²) in [5.41, 5.74) is -0.820. The van der Waals surface area contributed by atoms with Crippen molar-refractivity contribution >= 4 is 17.9 Å². The lowest BCUT2D eigenvalue weighted by molar-refractivity contribution is -0.234. The smallest absolute Gasteiger partial charge is 0.335 e. The number of hydrogen-bond donors (Lipinski definition) is 1. The SMILES string of the molecule is CC1=C[C@@H]2O[C@H]3C[C@@H]4OC(=O)/C=C/C=C/C(=O)OCC[C@H](C)[C@H](O)C(=O)OC[C@@]2(CC1)[C@@]4(C)[C@@]31CO1. The van der Waals surface area contributed by atoms with Crippen molar-refractivity contribution in [2.24, 2.45) is 16.7 Å². The fraction of sp³-hybridized carbons (Fsp3) is 0.667. The molecule has 0 amide bonds. The third kappa shape index (κ3) is 3.83. The first-order valence-electron chi connectivity index (χ1n) is 12.7. The van der Waals surface area contributed by atoms with Crippen LogP contribution >= 0.6 is 0 Å². The van der Waals surface area contributed by atoms with Crippen LogP contribution in [0.5, 0.6) is 0 Å². The normalized spacial score (nSPS) is 46.8. The van der Waals surface area contributed by atoms with Crippen LogP contribution in [0.3, 0.4) is 0 Å². The number of hydrogen-bond acceptors (Lipinski definition) is 9. The van der Waals surface area contributed by atoms with Crippen molar-refractivity contribution in [1.82, 2.24) is 0 Å². The summed E-state index contributed by atoms with van der Waals surface area (Å²) < 4.78 is 29.6. The number of allylic oxidation sites excluding steroid dienone is 3. The van der Waals surface area contributed by atoms with Crippen molar-refractivity contribution < 1.29 is 43.2 Å². The summed E-state index contributed by atoms with van der Waals surface area (Å²) in [6.45, 7) is 6.34. The number of aliphatic hydroxyl groups is 1. The molecule has 0 unspecified atom stereocenters. The minimum absolute atomic E-state index is 0.00000344. The largest absolute Gasteiger partial charge is 0.463 e. The number of carbonyl (C=O) groups is 3. The van der Waals surface area contributed by atoms with Gasteiger partial charge >= 0.3 is 17.9 Å². The van der Waals surface area contributed by atoms with Crippen LogP contribution in [-0.4, -0.2) is 72.9 Å². The van der Waals surface area contributed by atoms with Crippen LogP contribution in [0.15, 0.2) is 36.0 Å². The summed E-state index contributed by atoms with van der Waals surface area (Å²) in [6.07, 6.45) is 7.11. The molecule has 9 heteroatoms. The summed E-state index contributed by atoms with van der Waals surface area (Å²) in [6, 6.07) is 0. The Hall–Kier alpha value is -2.49. The van der Waals surface area contributed by atoms with E-state index in [1.54, 1.807) is 6.92 Å². The Morgan fingerprint density at radius 1 is 1.03 bits per heavy atom. The highest BCUT2D eigenvalue weighted by molar-refractivity contribution is 5.84. The molecule has 196 valence electrons. The second kappa shape index (κ2) is 9.11. The van der Waals surface area contributed by atoms with Gasteiger partial charge in [0.25, 0.3) is 0 Å². The van der Waals surface area contributed by atoms with Gasteiger partial charge in [-0.3, -0.25) is 0 Å². The monoisotopic (exact) mass is 502 g/mol. The number of ether oxygens (including phenoxy) is 5. The fourth-order valence-electron chi connectivity index (χ4n) is 6.65. The van der Waals surface area contributed by atoms with Crippen molar-refractivity contribution in [2.75, 3.05) is 19.8 Å². The van der Waals surface area contributed by atoms with Gasteiger partial charge in [-0.1, -0.05) is 37.6 Å². The van der Waals surface area contributed by atoms with Crippen molar-refractivity contribution in [3.05, 3.63) is 36.0 Å². The Labute approximate surface area is 210 Å². The Morgan fingerprint density at radius 2 is 1.75 bits per heavy atom. The lowest BCUT2D eigenvalue weighted by atomic mass is 9.51. The zero-order valence-corrected chi connectivity index (χ0v) is 20.9. The minimum Gasteiger partial charge on any atom is -0.463 e. The van der Waals surface area contributed by atoms with Gasteiger partial charge in [-0.2, -0.15) is 0 Å². The Kier molecular flexibility index (Phi) is 6.37. The molecule has 3 aliphatic heterocycles. The molecule has 2 spiro atoms. The molecule has 3 heterocycles. The molecule has 5 rings (SSSR count). The molecule has 0 aromatic rings. The summed E-state index contributed by atoms with van der Waals surface area (Å²) in [5, 5.41) is 10.6. The number of aliphatic hydroxyl groups excluding tert-OH is 1. The molecule has 36 heavy (non-hydrogen) atoms. The maximum Gasteiger partial charge on any atom is 0.335 e. The van der Waals surface area contributed by atoms with Gasteiger partial charge in [0.2, 0.25) is 0 Å². The van der Waals surface area contributed by atoms with Crippen LogP contribution < -0.4 is 0 Å². The Bertz CT molecular complexity index is 1020. The van der Waals surface area contributed by atoms with Crippen LogP contribution in [0, 0.1) is 16.7 Å². The van der Waals surface area contributed by atoms with Crippen molar-refractivity contribution in [3.8, 4) is 0 Å². The quantitative estimate of drug-likeness (QED) is 0.230. The molecule has 0 radical (unpaired) electrons. The molecule has 0 aromatic heterocycles. The van der Waals surface area contributed by atoms with Crippen LogP contribution in [0.2, 0.25) is 0 Å². The lowest BCUT2D eigenvalue weighted by Gasteiger charge is -2.58. The lowest BCUT2D eigenvalue weighted by Crippen LogP contribution is -2.66. The summed E-state index contributed by atoms with van der Waals surface area (Å²) in [5.74, 6) is -2.34. The molecule has 1 N–H and O–H groups in total. The summed E-state index contributed by atoms with van der Waals surface area (Å²) in [7, 11) is 0. The first-order chi connectivity index (χ1) is 17.1. The molecular formula is C27H34O9. The first kappa shape index (κ1) is 25.2. The Balaban J connectivity index is 1.52. The first-order valence-corrected chi connectivity index (χ1v) is 12.7. The maximum absolute atomic E-state index is 12.9. The highest BCUT2D eigenvalue weighted by Gasteiger charge is 2.83. The molecule has 9 nitrogen and oxygen atoms in total. The van der Waals surface area contributed by atoms with Gasteiger partial charge in [-0.15, -0.1) is 0 Å². The topological polar surface area (TPSA) is 121 Å². The molecule has 0 aromatic carbocycles. The molecule has 3 fully saturated rings. The van der Waals surface area contributed by atoms with Crippen LogP contribution in [0.1, 0.15) is 46.5 Å². The van der Waals surface area contributed by atoms with E-state index in [-0.39, 0.29) is 31.8 Å². The second-order valence-electron chi connectivity index (χ2n) is 11.0. The summed E-state index contributed by atoms with van der Waals surface area (Å²) >= 11 is 0. The van der Waals surface area contributed by atoms with Gasteiger partial charge in [0.1, 0.15) is 18.3 Å². The van der Waals surface area contributed by atoms with Gasteiger partial charge in [-0.25, -0.2) is 14.4 Å². The number of cyclic esters (lactones) is 2. The molecule has 1 saturated carbocycles.